The van der Waals surface area contributed by atoms with Crippen LogP contribution in [0, 0.1) is 29.6 Å². The van der Waals surface area contributed by atoms with Gasteiger partial charge in [0.25, 0.3) is 11.8 Å². The molecule has 9 amide bonds. The predicted molar refractivity (Wildman–Crippen MR) is 345 cm³/mol. The van der Waals surface area contributed by atoms with Crippen LogP contribution in [0.25, 0.3) is 0 Å². The number of benzene rings is 2. The molecule has 0 aromatic heterocycles. The van der Waals surface area contributed by atoms with Crippen molar-refractivity contribution >= 4 is 74.8 Å². The molecule has 93 heavy (non-hydrogen) atoms. The van der Waals surface area contributed by atoms with Crippen molar-refractivity contribution in [3.63, 3.8) is 0 Å². The lowest BCUT2D eigenvalue weighted by molar-refractivity contribution is -0.148. The normalized spacial score (nSPS) is 18.2. The fourth-order valence-electron chi connectivity index (χ4n) is 12.0. The zero-order valence-electron chi connectivity index (χ0n) is 56.2. The number of likely N-dealkylation sites (N-methyl/N-ethyl adjacent to an activating group) is 2. The van der Waals surface area contributed by atoms with Gasteiger partial charge in [-0.25, -0.2) is 13.9 Å². The molecular weight excluding hydrogens is 1220 g/mol. The number of rotatable bonds is 36. The van der Waals surface area contributed by atoms with Gasteiger partial charge >= 0.3 is 5.97 Å². The van der Waals surface area contributed by atoms with Gasteiger partial charge in [-0.1, -0.05) is 79.2 Å². The summed E-state index contributed by atoms with van der Waals surface area (Å²) in [6, 6.07) is 8.04. The number of carbonyl (C=O) groups excluding carboxylic acids is 9. The van der Waals surface area contributed by atoms with E-state index < -0.39 is 118 Å². The molecule has 2 saturated heterocycles. The number of methoxy groups -OCH3 is 2. The highest BCUT2D eigenvalue weighted by Crippen LogP contribution is 2.31. The zero-order chi connectivity index (χ0) is 69.0. The van der Waals surface area contributed by atoms with Gasteiger partial charge < -0.3 is 55.3 Å². The van der Waals surface area contributed by atoms with E-state index in [1.54, 1.807) is 77.2 Å². The first-order chi connectivity index (χ1) is 43.9. The largest absolute Gasteiger partial charge is 0.484 e. The third kappa shape index (κ3) is 22.4. The summed E-state index contributed by atoms with van der Waals surface area (Å²) in [6.45, 7) is 15.2. The highest BCUT2D eigenvalue weighted by molar-refractivity contribution is 7.90. The lowest BCUT2D eigenvalue weighted by Crippen LogP contribution is -2.59. The van der Waals surface area contributed by atoms with E-state index >= 15 is 0 Å². The first-order valence-corrected chi connectivity index (χ1v) is 33.7. The zero-order valence-corrected chi connectivity index (χ0v) is 57.0. The first-order valence-electron chi connectivity index (χ1n) is 32.2. The van der Waals surface area contributed by atoms with Gasteiger partial charge in [-0.05, 0) is 113 Å². The lowest BCUT2D eigenvalue weighted by atomic mass is 9.89. The number of hydrogen-bond acceptors (Lipinski definition) is 17. The second-order valence-corrected chi connectivity index (χ2v) is 27.6. The van der Waals surface area contributed by atoms with Crippen molar-refractivity contribution in [3.8, 4) is 5.75 Å². The third-order valence-electron chi connectivity index (χ3n) is 17.7. The van der Waals surface area contributed by atoms with E-state index in [4.69, 9.17) is 19.0 Å². The SMILES string of the molecule is CC[C@H](C)[C@@H]([C@@H](CC(=O)N1CCC[C@H]1[C@H](OC)[C@@H](C)C(=O)N[C@@H](Cc1ccc(OCC(=O)NOCc2ccc(NC(=O)[C@H](C)NC(=O)CCC(=O)N3CCC(C(=O)O)CC3)cc2)cc1)C(=O)NS(=O)(=O)C1CC1)OC)N(C)C(=O)[C@@H](NC(=O)[C@H](C(C)C)N(C)C)C(C)C. The van der Waals surface area contributed by atoms with Gasteiger partial charge in [0, 0.05) is 65.9 Å². The van der Waals surface area contributed by atoms with Gasteiger partial charge in [0.15, 0.2) is 6.61 Å². The minimum Gasteiger partial charge on any atom is -0.484 e. The Labute approximate surface area is 547 Å². The molecule has 518 valence electrons. The number of amides is 9. The maximum atomic E-state index is 14.6. The Morgan fingerprint density at radius 2 is 1.33 bits per heavy atom. The molecule has 3 fully saturated rings. The Bertz CT molecular complexity index is 2990. The molecule has 2 aromatic carbocycles. The average Bonchev–Trinajstić information content (AvgIpc) is 1.82. The summed E-state index contributed by atoms with van der Waals surface area (Å²) in [7, 11) is 4.22. The van der Waals surface area contributed by atoms with Crippen molar-refractivity contribution < 1.29 is 80.5 Å². The summed E-state index contributed by atoms with van der Waals surface area (Å²) in [6.07, 6.45) is 1.15. The second-order valence-electron chi connectivity index (χ2n) is 25.7. The molecule has 28 heteroatoms. The van der Waals surface area contributed by atoms with Crippen molar-refractivity contribution in [2.75, 3.05) is 66.9 Å². The summed E-state index contributed by atoms with van der Waals surface area (Å²) < 4.78 is 46.0. The smallest absolute Gasteiger partial charge is 0.306 e. The Morgan fingerprint density at radius 3 is 1.89 bits per heavy atom. The summed E-state index contributed by atoms with van der Waals surface area (Å²) in [5.41, 5.74) is 3.87. The number of aliphatic carboxylic acids is 1. The number of carboxylic acid groups (broad SMARTS) is 1. The minimum atomic E-state index is -4.03. The van der Waals surface area contributed by atoms with E-state index in [9.17, 15) is 61.5 Å². The number of carbonyl (C=O) groups is 10. The van der Waals surface area contributed by atoms with E-state index in [1.165, 1.54) is 21.1 Å². The van der Waals surface area contributed by atoms with Crippen LogP contribution in [-0.2, 0) is 85.3 Å². The van der Waals surface area contributed by atoms with Crippen molar-refractivity contribution in [2.24, 2.45) is 29.6 Å². The third-order valence-corrected chi connectivity index (χ3v) is 19.5. The minimum absolute atomic E-state index is 0.0187. The Kier molecular flexibility index (Phi) is 29.5. The molecule has 2 aliphatic heterocycles. The number of carboxylic acids is 1. The van der Waals surface area contributed by atoms with Crippen molar-refractivity contribution in [2.45, 2.75) is 186 Å². The van der Waals surface area contributed by atoms with Gasteiger partial charge in [0.1, 0.15) is 23.9 Å². The molecule has 7 N–H and O–H groups in total. The van der Waals surface area contributed by atoms with Crippen LogP contribution in [0.1, 0.15) is 131 Å². The maximum Gasteiger partial charge on any atom is 0.306 e. The number of anilines is 1. The van der Waals surface area contributed by atoms with Gasteiger partial charge in [-0.3, -0.25) is 62.4 Å². The van der Waals surface area contributed by atoms with Crippen LogP contribution in [0.2, 0.25) is 0 Å². The molecule has 2 heterocycles. The second kappa shape index (κ2) is 35.8. The van der Waals surface area contributed by atoms with Crippen LogP contribution in [0.4, 0.5) is 5.69 Å². The van der Waals surface area contributed by atoms with Crippen LogP contribution in [0.5, 0.6) is 5.75 Å². The number of piperidine rings is 1. The molecule has 0 unspecified atom stereocenters. The van der Waals surface area contributed by atoms with Crippen LogP contribution in [-0.4, -0.2) is 208 Å². The van der Waals surface area contributed by atoms with Crippen LogP contribution >= 0.6 is 0 Å². The number of hydroxylamine groups is 1. The number of hydrogen-bond donors (Lipinski definition) is 7. The van der Waals surface area contributed by atoms with Crippen molar-refractivity contribution in [3.05, 3.63) is 59.7 Å². The highest BCUT2D eigenvalue weighted by atomic mass is 32.2. The van der Waals surface area contributed by atoms with Crippen LogP contribution in [0.3, 0.4) is 0 Å². The maximum absolute atomic E-state index is 14.6. The Hall–Kier alpha value is -7.27. The molecule has 0 spiro atoms. The summed E-state index contributed by atoms with van der Waals surface area (Å²) >= 11 is 0. The van der Waals surface area contributed by atoms with E-state index in [0.717, 1.165) is 0 Å². The number of nitrogens with one attached hydrogen (secondary N) is 6. The molecule has 0 bridgehead atoms. The van der Waals surface area contributed by atoms with Crippen LogP contribution in [0.15, 0.2) is 48.5 Å². The summed E-state index contributed by atoms with van der Waals surface area (Å²) in [5, 5.41) is 19.5. The average molecular weight is 1330 g/mol. The van der Waals surface area contributed by atoms with Gasteiger partial charge in [-0.15, -0.1) is 0 Å². The van der Waals surface area contributed by atoms with E-state index in [1.807, 2.05) is 60.5 Å². The fourth-order valence-corrected chi connectivity index (χ4v) is 13.3. The number of ether oxygens (including phenoxy) is 3. The Morgan fingerprint density at radius 1 is 0.699 bits per heavy atom. The van der Waals surface area contributed by atoms with Crippen molar-refractivity contribution in [1.82, 2.24) is 45.8 Å². The molecule has 1 saturated carbocycles. The molecule has 2 aromatic rings. The molecular formula is C65H100N10O17S. The fraction of sp³-hybridized carbons (Fsp3) is 0.662. The number of nitrogens with zero attached hydrogens (tertiary/aromatic N) is 4. The predicted octanol–water partition coefficient (Wildman–Crippen LogP) is 3.14. The molecule has 3 aliphatic rings. The van der Waals surface area contributed by atoms with E-state index in [-0.39, 0.29) is 79.4 Å². The topological polar surface area (TPSA) is 347 Å². The summed E-state index contributed by atoms with van der Waals surface area (Å²) in [5.74, 6) is -6.75. The molecule has 1 aliphatic carbocycles. The van der Waals surface area contributed by atoms with Gasteiger partial charge in [-0.2, -0.15) is 0 Å². The van der Waals surface area contributed by atoms with E-state index in [2.05, 4.69) is 31.5 Å². The monoisotopic (exact) mass is 1320 g/mol. The van der Waals surface area contributed by atoms with Gasteiger partial charge in [0.2, 0.25) is 51.4 Å². The van der Waals surface area contributed by atoms with Crippen LogP contribution < -0.4 is 36.2 Å². The van der Waals surface area contributed by atoms with E-state index in [0.29, 0.717) is 81.4 Å². The molecule has 5 rings (SSSR count). The standard InChI is InChI=1S/C65H100N10O17S/c1-14-40(6)58(73(11)64(84)56(38(2)3)69-63(83)57(39(4)5)72(9)10)51(89-12)35-55(79)75-31-15-16-50(75)59(90-13)41(7)60(80)68-49(62(82)71-93(87,88)48-25-26-48)34-43-19-23-47(24-20-43)91-37-53(77)70-92-36-44-17-21-46(22-18-44)67-61(81)42(8)66-52(76)27-28-54(78)74-32-29-45(30-33-74)65(85)86/h17-24,38-42,45,48-51,56-59H,14-16,25-37H2,1-13H3,(H,66,76)(H,67,81)(H,68,80)(H,69,83)(H,70,77)(H,71,82)(H,85,86)/t40-,41+,42-,49-,50-,51+,56-,57-,58-,59+/m0/s1. The number of sulfonamides is 1. The summed E-state index contributed by atoms with van der Waals surface area (Å²) in [4.78, 5) is 145. The first kappa shape index (κ1) is 76.4. The molecule has 0 radical (unpaired) electrons. The highest BCUT2D eigenvalue weighted by Gasteiger charge is 2.45. The number of likely N-dealkylation sites (tertiary alicyclic amines) is 2. The lowest BCUT2D eigenvalue weighted by Gasteiger charge is -2.41. The van der Waals surface area contributed by atoms with Crippen molar-refractivity contribution in [1.29, 1.82) is 0 Å². The quantitative estimate of drug-likeness (QED) is 0.0482. The molecule has 10 atom stereocenters. The molecule has 27 nitrogen and oxygen atoms in total. The Balaban J connectivity index is 1.13. The van der Waals surface area contributed by atoms with Gasteiger partial charge in [0.05, 0.1) is 60.4 Å².